The third kappa shape index (κ3) is 13.2. The van der Waals surface area contributed by atoms with E-state index in [4.69, 9.17) is 5.11 Å². The minimum absolute atomic E-state index is 0.0158. The predicted molar refractivity (Wildman–Crippen MR) is 116 cm³/mol. The van der Waals surface area contributed by atoms with Gasteiger partial charge >= 0.3 is 6.09 Å². The molecule has 0 saturated carbocycles. The quantitative estimate of drug-likeness (QED) is 0.297. The minimum Gasteiger partial charge on any atom is -0.465 e. The second kappa shape index (κ2) is 16.0. The Morgan fingerprint density at radius 3 is 2.07 bits per heavy atom. The van der Waals surface area contributed by atoms with E-state index in [0.29, 0.717) is 13.0 Å². The summed E-state index contributed by atoms with van der Waals surface area (Å²) in [7, 11) is 0. The number of hydrogen-bond donors (Lipinski definition) is 3. The maximum atomic E-state index is 12.0. The number of carboxylic acid groups (broad SMARTS) is 1. The van der Waals surface area contributed by atoms with Gasteiger partial charge in [-0.2, -0.15) is 0 Å². The van der Waals surface area contributed by atoms with E-state index < -0.39 is 6.09 Å². The first-order chi connectivity index (χ1) is 13.6. The topological polar surface area (TPSA) is 78.4 Å². The van der Waals surface area contributed by atoms with Crippen LogP contribution in [-0.4, -0.2) is 23.7 Å². The average molecular weight is 391 g/mol. The van der Waals surface area contributed by atoms with Crippen molar-refractivity contribution < 1.29 is 14.7 Å². The van der Waals surface area contributed by atoms with Crippen LogP contribution in [-0.2, 0) is 11.2 Å². The Morgan fingerprint density at radius 1 is 0.821 bits per heavy atom. The Kier molecular flexibility index (Phi) is 13.7. The van der Waals surface area contributed by atoms with Gasteiger partial charge in [0, 0.05) is 18.7 Å². The van der Waals surface area contributed by atoms with E-state index in [1.54, 1.807) is 0 Å². The van der Waals surface area contributed by atoms with Gasteiger partial charge in [0.1, 0.15) is 0 Å². The van der Waals surface area contributed by atoms with Crippen molar-refractivity contribution in [3.05, 3.63) is 29.8 Å². The summed E-state index contributed by atoms with van der Waals surface area (Å²) in [6, 6.07) is 8.17. The standard InChI is InChI=1S/C23H38N2O3/c1-2-3-4-5-6-7-8-10-13-20-15-17-21(18-16-20)25-22(26)14-11-9-12-19-24-23(27)28/h15-18,24H,2-14,19H2,1H3,(H,25,26)(H,27,28). The summed E-state index contributed by atoms with van der Waals surface area (Å²) in [4.78, 5) is 22.3. The molecule has 0 aromatic heterocycles. The molecule has 0 radical (unpaired) electrons. The highest BCUT2D eigenvalue weighted by atomic mass is 16.4. The van der Waals surface area contributed by atoms with Crippen molar-refractivity contribution in [3.8, 4) is 0 Å². The molecule has 28 heavy (non-hydrogen) atoms. The summed E-state index contributed by atoms with van der Waals surface area (Å²) >= 11 is 0. The van der Waals surface area contributed by atoms with E-state index in [0.717, 1.165) is 31.4 Å². The molecule has 5 heteroatoms. The van der Waals surface area contributed by atoms with Crippen LogP contribution in [0.1, 0.15) is 89.5 Å². The molecule has 0 atom stereocenters. The molecule has 1 rings (SSSR count). The van der Waals surface area contributed by atoms with Gasteiger partial charge in [0.2, 0.25) is 5.91 Å². The first kappa shape index (κ1) is 24.0. The summed E-state index contributed by atoms with van der Waals surface area (Å²) in [5.41, 5.74) is 2.17. The number of amides is 2. The highest BCUT2D eigenvalue weighted by molar-refractivity contribution is 5.90. The Morgan fingerprint density at radius 2 is 1.43 bits per heavy atom. The third-order valence-electron chi connectivity index (χ3n) is 4.91. The highest BCUT2D eigenvalue weighted by Gasteiger charge is 2.03. The van der Waals surface area contributed by atoms with Crippen molar-refractivity contribution in [2.24, 2.45) is 0 Å². The maximum Gasteiger partial charge on any atom is 0.404 e. The number of carbonyl (C=O) groups is 2. The molecule has 1 aromatic rings. The number of rotatable bonds is 16. The van der Waals surface area contributed by atoms with Crippen molar-refractivity contribution in [1.29, 1.82) is 0 Å². The van der Waals surface area contributed by atoms with Crippen LogP contribution in [0.4, 0.5) is 10.5 Å². The van der Waals surface area contributed by atoms with E-state index in [-0.39, 0.29) is 5.91 Å². The predicted octanol–water partition coefficient (Wildman–Crippen LogP) is 6.14. The molecule has 0 spiro atoms. The lowest BCUT2D eigenvalue weighted by atomic mass is 10.0. The monoisotopic (exact) mass is 390 g/mol. The van der Waals surface area contributed by atoms with E-state index in [9.17, 15) is 9.59 Å². The lowest BCUT2D eigenvalue weighted by Crippen LogP contribution is -2.21. The third-order valence-corrected chi connectivity index (χ3v) is 4.91. The van der Waals surface area contributed by atoms with Gasteiger partial charge in [0.15, 0.2) is 0 Å². The summed E-state index contributed by atoms with van der Waals surface area (Å²) in [5, 5.41) is 13.7. The first-order valence-electron chi connectivity index (χ1n) is 11.0. The Labute approximate surface area is 170 Å². The van der Waals surface area contributed by atoms with E-state index in [2.05, 4.69) is 29.7 Å². The molecule has 2 amide bonds. The molecule has 0 aliphatic rings. The number of unbranched alkanes of at least 4 members (excludes halogenated alkanes) is 9. The summed E-state index contributed by atoms with van der Waals surface area (Å²) in [6.07, 6.45) is 13.6. The smallest absolute Gasteiger partial charge is 0.404 e. The number of benzene rings is 1. The molecule has 0 bridgehead atoms. The van der Waals surface area contributed by atoms with Gasteiger partial charge in [-0.15, -0.1) is 0 Å². The van der Waals surface area contributed by atoms with Crippen LogP contribution in [0, 0.1) is 0 Å². The molecular formula is C23H38N2O3. The second-order valence-corrected chi connectivity index (χ2v) is 7.51. The molecule has 158 valence electrons. The lowest BCUT2D eigenvalue weighted by molar-refractivity contribution is -0.116. The maximum absolute atomic E-state index is 12.0. The van der Waals surface area contributed by atoms with Crippen molar-refractivity contribution >= 4 is 17.7 Å². The molecule has 0 fully saturated rings. The SMILES string of the molecule is CCCCCCCCCCc1ccc(NC(=O)CCCCCNC(=O)O)cc1. The molecule has 0 aliphatic carbocycles. The zero-order valence-corrected chi connectivity index (χ0v) is 17.5. The molecular weight excluding hydrogens is 352 g/mol. The molecule has 0 unspecified atom stereocenters. The van der Waals surface area contributed by atoms with E-state index >= 15 is 0 Å². The van der Waals surface area contributed by atoms with Gasteiger partial charge in [-0.25, -0.2) is 4.79 Å². The largest absolute Gasteiger partial charge is 0.465 e. The summed E-state index contributed by atoms with van der Waals surface area (Å²) in [5.74, 6) is 0.0158. The normalized spacial score (nSPS) is 10.6. The van der Waals surface area contributed by atoms with Crippen LogP contribution in [0.3, 0.4) is 0 Å². The fourth-order valence-electron chi connectivity index (χ4n) is 3.22. The van der Waals surface area contributed by atoms with Gasteiger partial charge in [0.05, 0.1) is 0 Å². The molecule has 0 heterocycles. The molecule has 3 N–H and O–H groups in total. The molecule has 0 saturated heterocycles. The van der Waals surface area contributed by atoms with Gasteiger partial charge in [-0.3, -0.25) is 4.79 Å². The van der Waals surface area contributed by atoms with Gasteiger partial charge < -0.3 is 15.7 Å². The zero-order valence-electron chi connectivity index (χ0n) is 17.5. The fraction of sp³-hybridized carbons (Fsp3) is 0.652. The molecule has 0 aliphatic heterocycles. The van der Waals surface area contributed by atoms with Crippen LogP contribution in [0.15, 0.2) is 24.3 Å². The van der Waals surface area contributed by atoms with Crippen LogP contribution >= 0.6 is 0 Å². The van der Waals surface area contributed by atoms with Crippen LogP contribution in [0.2, 0.25) is 0 Å². The number of hydrogen-bond acceptors (Lipinski definition) is 2. The average Bonchev–Trinajstić information content (AvgIpc) is 2.67. The summed E-state index contributed by atoms with van der Waals surface area (Å²) < 4.78 is 0. The van der Waals surface area contributed by atoms with Crippen LogP contribution in [0.25, 0.3) is 0 Å². The summed E-state index contributed by atoms with van der Waals surface area (Å²) in [6.45, 7) is 2.69. The van der Waals surface area contributed by atoms with Crippen molar-refractivity contribution in [2.45, 2.75) is 90.4 Å². The number of carbonyl (C=O) groups excluding carboxylic acids is 1. The lowest BCUT2D eigenvalue weighted by Gasteiger charge is -2.07. The first-order valence-corrected chi connectivity index (χ1v) is 11.0. The minimum atomic E-state index is -0.997. The fourth-order valence-corrected chi connectivity index (χ4v) is 3.22. The Bertz CT molecular complexity index is 543. The highest BCUT2D eigenvalue weighted by Crippen LogP contribution is 2.14. The molecule has 1 aromatic carbocycles. The van der Waals surface area contributed by atoms with Crippen LogP contribution in [0.5, 0.6) is 0 Å². The number of anilines is 1. The van der Waals surface area contributed by atoms with Gasteiger partial charge in [-0.1, -0.05) is 70.4 Å². The van der Waals surface area contributed by atoms with Crippen LogP contribution < -0.4 is 10.6 Å². The Balaban J connectivity index is 2.08. The van der Waals surface area contributed by atoms with Gasteiger partial charge in [-0.05, 0) is 43.4 Å². The van der Waals surface area contributed by atoms with Crippen molar-refractivity contribution in [2.75, 3.05) is 11.9 Å². The van der Waals surface area contributed by atoms with E-state index in [1.807, 2.05) is 12.1 Å². The van der Waals surface area contributed by atoms with E-state index in [1.165, 1.54) is 56.9 Å². The Hall–Kier alpha value is -2.04. The van der Waals surface area contributed by atoms with Crippen molar-refractivity contribution in [1.82, 2.24) is 5.32 Å². The molecule has 5 nitrogen and oxygen atoms in total. The van der Waals surface area contributed by atoms with Crippen molar-refractivity contribution in [3.63, 3.8) is 0 Å². The number of aryl methyl sites for hydroxylation is 1. The second-order valence-electron chi connectivity index (χ2n) is 7.51. The number of nitrogens with one attached hydrogen (secondary N) is 2. The zero-order chi connectivity index (χ0) is 20.5. The van der Waals surface area contributed by atoms with Gasteiger partial charge in [0.25, 0.3) is 0 Å².